The van der Waals surface area contributed by atoms with E-state index in [9.17, 15) is 52.7 Å². The molecule has 0 bridgehead atoms. The van der Waals surface area contributed by atoms with Crippen LogP contribution in [0.4, 0.5) is 52.7 Å². The second-order valence-corrected chi connectivity index (χ2v) is 26.3. The van der Waals surface area contributed by atoms with Gasteiger partial charge in [-0.2, -0.15) is 52.7 Å². The van der Waals surface area contributed by atoms with E-state index in [4.69, 9.17) is 0 Å². The summed E-state index contributed by atoms with van der Waals surface area (Å²) < 4.78 is 159. The van der Waals surface area contributed by atoms with Crippen molar-refractivity contribution in [2.24, 2.45) is 11.8 Å². The van der Waals surface area contributed by atoms with Crippen molar-refractivity contribution in [2.45, 2.75) is 128 Å². The average molecular weight is 1120 g/mol. The minimum atomic E-state index is -4.87. The van der Waals surface area contributed by atoms with Crippen molar-refractivity contribution in [1.82, 2.24) is 0 Å². The molecule has 70 heavy (non-hydrogen) atoms. The summed E-state index contributed by atoms with van der Waals surface area (Å²) in [5.41, 5.74) is -2.88. The Labute approximate surface area is 429 Å². The summed E-state index contributed by atoms with van der Waals surface area (Å²) in [6.45, 7) is 4.66. The Morgan fingerprint density at radius 1 is 0.514 bits per heavy atom. The number of hydrogen-bond acceptors (Lipinski definition) is 0. The Hall–Kier alpha value is -3.32. The molecule has 16 heteroatoms. The van der Waals surface area contributed by atoms with E-state index in [-0.39, 0.29) is 53.5 Å². The minimum absolute atomic E-state index is 0. The molecule has 0 aromatic heterocycles. The van der Waals surface area contributed by atoms with Crippen molar-refractivity contribution in [3.05, 3.63) is 139 Å². The fourth-order valence-corrected chi connectivity index (χ4v) is 11.7. The summed E-state index contributed by atoms with van der Waals surface area (Å²) in [6.07, 6.45) is 10.2. The second kappa shape index (κ2) is 25.6. The maximum absolute atomic E-state index is 13.3. The minimum Gasteiger partial charge on any atom is -1.00 e. The summed E-state index contributed by atoms with van der Waals surface area (Å²) in [6, 6.07) is 14.9. The van der Waals surface area contributed by atoms with E-state index in [1.54, 1.807) is 59.7 Å². The summed E-state index contributed by atoms with van der Waals surface area (Å²) >= 11 is 1.79. The van der Waals surface area contributed by atoms with Gasteiger partial charge in [0.25, 0.3) is 0 Å². The zero-order valence-corrected chi connectivity index (χ0v) is 43.6. The van der Waals surface area contributed by atoms with Crippen LogP contribution < -0.4 is 45.7 Å². The average Bonchev–Trinajstić information content (AvgIpc) is 3.65. The predicted molar refractivity (Wildman–Crippen MR) is 243 cm³/mol. The van der Waals surface area contributed by atoms with Crippen LogP contribution in [0.15, 0.2) is 96.1 Å². The number of hydrogen-bond donors (Lipinski definition) is 0. The molecule has 4 aromatic carbocycles. The van der Waals surface area contributed by atoms with Crippen LogP contribution in [-0.4, -0.2) is 5.43 Å². The van der Waals surface area contributed by atoms with Crippen molar-refractivity contribution >= 4 is 29.7 Å². The van der Waals surface area contributed by atoms with Gasteiger partial charge in [-0.25, -0.2) is 0 Å². The van der Waals surface area contributed by atoms with Gasteiger partial charge in [-0.05, 0) is 59.4 Å². The molecule has 0 saturated heterocycles. The molecule has 0 unspecified atom stereocenters. The SMILES string of the molecule is CCC[Si](C)=[Zr+2].FC(F)(F)c1cc(-c2cccc3c2=CC(=CC2CCCCCC2)[C-]=3)cc(C(F)(F)F)c1.FC(F)(F)c1cc(-c2cccc3c2=CC(=CC2CCCCCC2)[C-]=3)cc(C(F)(F)F)c1.[Cl-].[Cl-]. The van der Waals surface area contributed by atoms with E-state index < -0.39 is 47.0 Å². The van der Waals surface area contributed by atoms with Crippen molar-refractivity contribution < 1.29 is 101 Å². The fourth-order valence-electron chi connectivity index (χ4n) is 9.10. The summed E-state index contributed by atoms with van der Waals surface area (Å²) in [4.78, 5) is 0. The number of benzene rings is 4. The van der Waals surface area contributed by atoms with E-state index in [0.29, 0.717) is 43.8 Å². The molecule has 4 aromatic rings. The van der Waals surface area contributed by atoms with Crippen molar-refractivity contribution in [3.8, 4) is 22.3 Å². The Balaban J connectivity index is 0.000000266. The second-order valence-electron chi connectivity index (χ2n) is 17.9. The molecule has 376 valence electrons. The van der Waals surface area contributed by atoms with Gasteiger partial charge in [0.1, 0.15) is 0 Å². The van der Waals surface area contributed by atoms with Gasteiger partial charge in [-0.1, -0.05) is 112 Å². The zero-order valence-electron chi connectivity index (χ0n) is 38.6. The van der Waals surface area contributed by atoms with E-state index >= 15 is 0 Å². The van der Waals surface area contributed by atoms with Crippen LogP contribution in [0.25, 0.3) is 46.6 Å². The predicted octanol–water partition coefficient (Wildman–Crippen LogP) is 9.05. The molecule has 4 aliphatic carbocycles. The molecule has 2 fully saturated rings. The van der Waals surface area contributed by atoms with Crippen LogP contribution >= 0.6 is 0 Å². The summed E-state index contributed by atoms with van der Waals surface area (Å²) in [7, 11) is 0. The topological polar surface area (TPSA) is 0 Å². The van der Waals surface area contributed by atoms with Gasteiger partial charge in [-0.3, -0.25) is 0 Å². The van der Waals surface area contributed by atoms with Crippen LogP contribution in [0.1, 0.15) is 113 Å². The molecular weight excluding hydrogens is 1070 g/mol. The normalized spacial score (nSPS) is 17.5. The molecule has 0 aliphatic heterocycles. The van der Waals surface area contributed by atoms with Crippen molar-refractivity contribution in [1.29, 1.82) is 0 Å². The largest absolute Gasteiger partial charge is 1.00 e. The Kier molecular flexibility index (Phi) is 21.6. The van der Waals surface area contributed by atoms with Crippen molar-refractivity contribution in [2.75, 3.05) is 0 Å². The first-order valence-electron chi connectivity index (χ1n) is 23.1. The maximum atomic E-state index is 13.3. The molecule has 0 spiro atoms. The molecule has 2 saturated carbocycles. The number of allylic oxidation sites excluding steroid dienone is 4. The van der Waals surface area contributed by atoms with Crippen LogP contribution in [0, 0.1) is 11.8 Å². The zero-order chi connectivity index (χ0) is 49.4. The van der Waals surface area contributed by atoms with Crippen LogP contribution in [0.5, 0.6) is 0 Å². The standard InChI is InChI=1S/2C25H21F6.C4H10Si.2ClH.Zr/c2*26-24(27,28)20-13-19(14-21(15-20)25(29,30)31)22-9-5-8-18-11-17(12-23(18)22)10-16-6-3-1-2-4-7-16;1-3-4-5-2;;;/h2*5,8-10,12-16H,1-4,6-7H2;3-4H2,1-2H3;2*1H;/q2*-1;;;;+2/p-2. The van der Waals surface area contributed by atoms with Crippen LogP contribution in [0.3, 0.4) is 0 Å². The van der Waals surface area contributed by atoms with Gasteiger partial charge in [0, 0.05) is 0 Å². The number of halogens is 14. The molecule has 4 aliphatic rings. The van der Waals surface area contributed by atoms with Gasteiger partial charge in [0.05, 0.1) is 22.3 Å². The van der Waals surface area contributed by atoms with Crippen molar-refractivity contribution in [3.63, 3.8) is 0 Å². The van der Waals surface area contributed by atoms with E-state index in [1.165, 1.54) is 38.1 Å². The van der Waals surface area contributed by atoms with Gasteiger partial charge in [0.2, 0.25) is 0 Å². The molecular formula is C54H52Cl2F12SiZr-2. The third-order valence-corrected chi connectivity index (χ3v) is 15.5. The van der Waals surface area contributed by atoms with Crippen LogP contribution in [0.2, 0.25) is 12.6 Å². The van der Waals surface area contributed by atoms with E-state index in [0.717, 1.165) is 86.8 Å². The third kappa shape index (κ3) is 16.6. The number of fused-ring (bicyclic) bond motifs is 2. The Morgan fingerprint density at radius 2 is 0.829 bits per heavy atom. The summed E-state index contributed by atoms with van der Waals surface area (Å²) in [5.74, 6) is 0.841. The first kappa shape index (κ1) is 59.2. The molecule has 0 nitrogen and oxygen atoms in total. The van der Waals surface area contributed by atoms with Gasteiger partial charge < -0.3 is 24.8 Å². The maximum Gasteiger partial charge on any atom is 0.416 e. The molecule has 0 N–H and O–H groups in total. The monoisotopic (exact) mass is 1120 g/mol. The first-order valence-corrected chi connectivity index (χ1v) is 29.0. The van der Waals surface area contributed by atoms with E-state index in [2.05, 4.69) is 37.8 Å². The third-order valence-electron chi connectivity index (χ3n) is 12.4. The first-order chi connectivity index (χ1) is 32.0. The number of alkyl halides is 12. The summed E-state index contributed by atoms with van der Waals surface area (Å²) in [5, 5.41) is 2.58. The van der Waals surface area contributed by atoms with Gasteiger partial charge in [0.15, 0.2) is 0 Å². The molecule has 8 rings (SSSR count). The van der Waals surface area contributed by atoms with Gasteiger partial charge in [-0.15, -0.1) is 80.6 Å². The quantitative estimate of drug-likeness (QED) is 0.0784. The molecule has 0 atom stereocenters. The number of rotatable bonds is 6. The molecule has 0 heterocycles. The van der Waals surface area contributed by atoms with Gasteiger partial charge >= 0.3 is 79.4 Å². The Morgan fingerprint density at radius 3 is 1.09 bits per heavy atom. The smallest absolute Gasteiger partial charge is 0.416 e. The van der Waals surface area contributed by atoms with E-state index in [1.807, 2.05) is 12.2 Å². The van der Waals surface area contributed by atoms with Crippen LogP contribution in [-0.2, 0) is 48.0 Å². The molecule has 0 amide bonds. The fraction of sp³-hybridized carbons (Fsp3) is 0.407. The molecule has 0 radical (unpaired) electrons. The Bertz CT molecular complexity index is 2510.